The van der Waals surface area contributed by atoms with Crippen molar-refractivity contribution in [3.8, 4) is 0 Å². The molecule has 0 spiro atoms. The maximum Gasteiger partial charge on any atom is 0.255 e. The molecule has 0 saturated carbocycles. The first kappa shape index (κ1) is 17.0. The van der Waals surface area contributed by atoms with Gasteiger partial charge < -0.3 is 10.3 Å². The molecule has 1 aromatic heterocycles. The predicted octanol–water partition coefficient (Wildman–Crippen LogP) is 2.85. The molecule has 0 saturated heterocycles. The van der Waals surface area contributed by atoms with Crippen molar-refractivity contribution in [1.29, 1.82) is 0 Å². The highest BCUT2D eigenvalue weighted by atomic mass is 32.2. The summed E-state index contributed by atoms with van der Waals surface area (Å²) >= 11 is 1.20. The second-order valence-corrected chi connectivity index (χ2v) is 6.09. The molecular formula is C17H19N3O2S. The summed E-state index contributed by atoms with van der Waals surface area (Å²) in [7, 11) is 0. The van der Waals surface area contributed by atoms with Crippen LogP contribution in [0.2, 0.25) is 0 Å². The van der Waals surface area contributed by atoms with Crippen molar-refractivity contribution in [2.75, 3.05) is 11.1 Å². The Labute approximate surface area is 139 Å². The van der Waals surface area contributed by atoms with Gasteiger partial charge in [-0.2, -0.15) is 0 Å². The van der Waals surface area contributed by atoms with Crippen LogP contribution < -0.4 is 10.9 Å². The highest BCUT2D eigenvalue weighted by molar-refractivity contribution is 7.99. The summed E-state index contributed by atoms with van der Waals surface area (Å²) in [5, 5.41) is 3.25. The number of hydrogen-bond acceptors (Lipinski definition) is 4. The maximum atomic E-state index is 12.0. The minimum absolute atomic E-state index is 0.144. The maximum absolute atomic E-state index is 12.0. The van der Waals surface area contributed by atoms with Gasteiger partial charge in [0.25, 0.3) is 5.56 Å². The van der Waals surface area contributed by atoms with Crippen LogP contribution in [0.4, 0.5) is 5.69 Å². The molecule has 1 amide bonds. The van der Waals surface area contributed by atoms with Crippen molar-refractivity contribution in [2.45, 2.75) is 25.4 Å². The molecule has 0 atom stereocenters. The Balaban J connectivity index is 1.97. The molecule has 0 aliphatic heterocycles. The molecule has 0 bridgehead atoms. The number of rotatable bonds is 6. The number of amides is 1. The van der Waals surface area contributed by atoms with Crippen molar-refractivity contribution in [3.05, 3.63) is 64.1 Å². The van der Waals surface area contributed by atoms with Gasteiger partial charge in [0.2, 0.25) is 5.91 Å². The number of hydrogen-bond donors (Lipinski definition) is 2. The molecule has 0 aliphatic rings. The summed E-state index contributed by atoms with van der Waals surface area (Å²) < 4.78 is 0. The molecule has 2 N–H and O–H groups in total. The lowest BCUT2D eigenvalue weighted by molar-refractivity contribution is -0.113. The molecule has 0 aliphatic carbocycles. The molecule has 0 unspecified atom stereocenters. The Bertz CT molecular complexity index is 766. The quantitative estimate of drug-likeness (QED) is 0.485. The van der Waals surface area contributed by atoms with Gasteiger partial charge in [0.1, 0.15) is 0 Å². The number of aromatic nitrogens is 2. The van der Waals surface area contributed by atoms with Crippen molar-refractivity contribution < 1.29 is 4.79 Å². The van der Waals surface area contributed by atoms with Crippen LogP contribution in [0, 0.1) is 13.8 Å². The lowest BCUT2D eigenvalue weighted by Crippen LogP contribution is -2.18. The largest absolute Gasteiger partial charge is 0.325 e. The minimum Gasteiger partial charge on any atom is -0.325 e. The SMILES string of the molecule is C=CCc1c(C)nc(SCC(=O)Nc2ccc(C)cc2)[nH]c1=O. The van der Waals surface area contributed by atoms with Crippen LogP contribution in [-0.2, 0) is 11.2 Å². The molecule has 1 aromatic carbocycles. The van der Waals surface area contributed by atoms with Crippen molar-refractivity contribution in [2.24, 2.45) is 0 Å². The zero-order chi connectivity index (χ0) is 16.8. The fourth-order valence-corrected chi connectivity index (χ4v) is 2.71. The molecule has 120 valence electrons. The third kappa shape index (κ3) is 4.82. The van der Waals surface area contributed by atoms with E-state index in [2.05, 4.69) is 21.9 Å². The fourth-order valence-electron chi connectivity index (χ4n) is 2.01. The molecule has 2 aromatic rings. The molecule has 6 heteroatoms. The number of nitrogens with one attached hydrogen (secondary N) is 2. The molecule has 0 radical (unpaired) electrons. The van der Waals surface area contributed by atoms with E-state index in [9.17, 15) is 9.59 Å². The molecule has 5 nitrogen and oxygen atoms in total. The van der Waals surface area contributed by atoms with Crippen LogP contribution in [0.1, 0.15) is 16.8 Å². The predicted molar refractivity (Wildman–Crippen MR) is 94.0 cm³/mol. The Morgan fingerprint density at radius 2 is 2.04 bits per heavy atom. The van der Waals surface area contributed by atoms with Crippen LogP contribution in [-0.4, -0.2) is 21.6 Å². The smallest absolute Gasteiger partial charge is 0.255 e. The Kier molecular flexibility index (Phi) is 5.76. The van der Waals surface area contributed by atoms with Crippen LogP contribution in [0.3, 0.4) is 0 Å². The van der Waals surface area contributed by atoms with E-state index < -0.39 is 0 Å². The third-order valence-electron chi connectivity index (χ3n) is 3.22. The number of benzene rings is 1. The normalized spacial score (nSPS) is 10.3. The number of aryl methyl sites for hydroxylation is 2. The van der Waals surface area contributed by atoms with Gasteiger partial charge in [0.05, 0.1) is 5.75 Å². The van der Waals surface area contributed by atoms with Crippen LogP contribution in [0.5, 0.6) is 0 Å². The highest BCUT2D eigenvalue weighted by Crippen LogP contribution is 2.14. The van der Waals surface area contributed by atoms with E-state index in [-0.39, 0.29) is 17.2 Å². The lowest BCUT2D eigenvalue weighted by atomic mass is 10.2. The summed E-state index contributed by atoms with van der Waals surface area (Å²) in [6.45, 7) is 7.40. The average Bonchev–Trinajstić information content (AvgIpc) is 2.51. The van der Waals surface area contributed by atoms with Gasteiger partial charge >= 0.3 is 0 Å². The number of allylic oxidation sites excluding steroid dienone is 1. The van der Waals surface area contributed by atoms with E-state index in [1.54, 1.807) is 13.0 Å². The van der Waals surface area contributed by atoms with Gasteiger partial charge in [-0.15, -0.1) is 6.58 Å². The van der Waals surface area contributed by atoms with Crippen molar-refractivity contribution >= 4 is 23.4 Å². The number of carbonyl (C=O) groups excluding carboxylic acids is 1. The van der Waals surface area contributed by atoms with Crippen LogP contribution >= 0.6 is 11.8 Å². The van der Waals surface area contributed by atoms with Gasteiger partial charge in [-0.05, 0) is 32.4 Å². The van der Waals surface area contributed by atoms with Gasteiger partial charge in [0, 0.05) is 16.9 Å². The van der Waals surface area contributed by atoms with E-state index in [1.165, 1.54) is 11.8 Å². The number of aromatic amines is 1. The highest BCUT2D eigenvalue weighted by Gasteiger charge is 2.09. The summed E-state index contributed by atoms with van der Waals surface area (Å²) in [5.74, 6) is 0.0335. The lowest BCUT2D eigenvalue weighted by Gasteiger charge is -2.07. The van der Waals surface area contributed by atoms with Crippen molar-refractivity contribution in [3.63, 3.8) is 0 Å². The monoisotopic (exact) mass is 329 g/mol. The molecule has 23 heavy (non-hydrogen) atoms. The topological polar surface area (TPSA) is 74.8 Å². The van der Waals surface area contributed by atoms with Gasteiger partial charge in [-0.3, -0.25) is 9.59 Å². The standard InChI is InChI=1S/C17H19N3O2S/c1-4-5-14-12(3)18-17(20-16(14)22)23-10-15(21)19-13-8-6-11(2)7-9-13/h4,6-9H,1,5,10H2,2-3H3,(H,19,21)(H,18,20,22). The molecular weight excluding hydrogens is 310 g/mol. The molecule has 0 fully saturated rings. The summed E-state index contributed by atoms with van der Waals surface area (Å²) in [6.07, 6.45) is 2.15. The zero-order valence-electron chi connectivity index (χ0n) is 13.2. The minimum atomic E-state index is -0.182. The van der Waals surface area contributed by atoms with Crippen LogP contribution in [0.15, 0.2) is 46.9 Å². The fraction of sp³-hybridized carbons (Fsp3) is 0.235. The average molecular weight is 329 g/mol. The first-order chi connectivity index (χ1) is 11.0. The van der Waals surface area contributed by atoms with E-state index in [4.69, 9.17) is 0 Å². The summed E-state index contributed by atoms with van der Waals surface area (Å²) in [6, 6.07) is 7.57. The number of thioether (sulfide) groups is 1. The first-order valence-corrected chi connectivity index (χ1v) is 8.18. The zero-order valence-corrected chi connectivity index (χ0v) is 14.0. The van der Waals surface area contributed by atoms with Gasteiger partial charge in [-0.25, -0.2) is 4.98 Å². The number of H-pyrrole nitrogens is 1. The summed E-state index contributed by atoms with van der Waals surface area (Å²) in [5.41, 5.74) is 2.97. The Morgan fingerprint density at radius 1 is 1.35 bits per heavy atom. The Morgan fingerprint density at radius 3 is 2.65 bits per heavy atom. The third-order valence-corrected chi connectivity index (χ3v) is 4.10. The Hall–Kier alpha value is -2.34. The van der Waals surface area contributed by atoms with E-state index in [0.29, 0.717) is 22.8 Å². The number of carbonyl (C=O) groups is 1. The second kappa shape index (κ2) is 7.78. The molecule has 1 heterocycles. The van der Waals surface area contributed by atoms with E-state index in [0.717, 1.165) is 11.3 Å². The van der Waals surface area contributed by atoms with E-state index in [1.807, 2.05) is 31.2 Å². The summed E-state index contributed by atoms with van der Waals surface area (Å²) in [4.78, 5) is 30.9. The molecule has 2 rings (SSSR count). The van der Waals surface area contributed by atoms with Gasteiger partial charge in [0.15, 0.2) is 5.16 Å². The number of nitrogens with zero attached hydrogens (tertiary/aromatic N) is 1. The first-order valence-electron chi connectivity index (χ1n) is 7.19. The van der Waals surface area contributed by atoms with E-state index >= 15 is 0 Å². The number of anilines is 1. The second-order valence-electron chi connectivity index (χ2n) is 5.13. The van der Waals surface area contributed by atoms with Crippen molar-refractivity contribution in [1.82, 2.24) is 9.97 Å². The van der Waals surface area contributed by atoms with Gasteiger partial charge in [-0.1, -0.05) is 35.5 Å². The van der Waals surface area contributed by atoms with Crippen LogP contribution in [0.25, 0.3) is 0 Å².